The molecule has 0 aliphatic carbocycles. The van der Waals surface area contributed by atoms with Gasteiger partial charge in [-0.2, -0.15) is 13.2 Å². The molecule has 0 saturated carbocycles. The SMILES string of the molecule is Oc1cc(C(F)(F)F)ccc1-c1nnc(N[C@@H]2CCCN(CCN3CC[C@@H](O)C3)C2)c2c1COC2. The zero-order valence-corrected chi connectivity index (χ0v) is 19.4. The molecular weight excluding hydrogens is 463 g/mol. The number of aliphatic hydroxyl groups excluding tert-OH is 1. The smallest absolute Gasteiger partial charge is 0.416 e. The summed E-state index contributed by atoms with van der Waals surface area (Å²) in [6.45, 7) is 6.07. The number of ether oxygens (including phenoxy) is 1. The first-order chi connectivity index (χ1) is 16.8. The van der Waals surface area contributed by atoms with Crippen LogP contribution in [0.2, 0.25) is 0 Å². The molecule has 2 atom stereocenters. The van der Waals surface area contributed by atoms with Crippen LogP contribution >= 0.6 is 0 Å². The summed E-state index contributed by atoms with van der Waals surface area (Å²) in [4.78, 5) is 4.72. The highest BCUT2D eigenvalue weighted by Crippen LogP contribution is 2.39. The van der Waals surface area contributed by atoms with E-state index in [1.807, 2.05) is 0 Å². The van der Waals surface area contributed by atoms with Crippen LogP contribution in [0.25, 0.3) is 11.3 Å². The summed E-state index contributed by atoms with van der Waals surface area (Å²) in [6.07, 6.45) is -1.84. The average Bonchev–Trinajstić information content (AvgIpc) is 3.47. The van der Waals surface area contributed by atoms with Crippen molar-refractivity contribution in [3.8, 4) is 17.0 Å². The molecule has 3 N–H and O–H groups in total. The predicted molar refractivity (Wildman–Crippen MR) is 123 cm³/mol. The van der Waals surface area contributed by atoms with Crippen LogP contribution in [0, 0.1) is 0 Å². The van der Waals surface area contributed by atoms with Gasteiger partial charge in [-0.1, -0.05) is 0 Å². The number of anilines is 1. The molecule has 1 aromatic carbocycles. The third kappa shape index (κ3) is 5.37. The van der Waals surface area contributed by atoms with Gasteiger partial charge in [0.15, 0.2) is 5.82 Å². The number of aliphatic hydroxyl groups is 1. The first-order valence-electron chi connectivity index (χ1n) is 12.0. The molecule has 3 aliphatic heterocycles. The molecule has 0 amide bonds. The molecule has 2 aromatic rings. The van der Waals surface area contributed by atoms with E-state index >= 15 is 0 Å². The molecule has 8 nitrogen and oxygen atoms in total. The Morgan fingerprint density at radius 3 is 2.51 bits per heavy atom. The van der Waals surface area contributed by atoms with Crippen molar-refractivity contribution in [2.75, 3.05) is 44.6 Å². The number of halogens is 3. The monoisotopic (exact) mass is 493 g/mol. The minimum absolute atomic E-state index is 0.192. The van der Waals surface area contributed by atoms with E-state index in [4.69, 9.17) is 4.74 Å². The van der Waals surface area contributed by atoms with Crippen LogP contribution in [0.5, 0.6) is 5.75 Å². The van der Waals surface area contributed by atoms with Crippen LogP contribution < -0.4 is 5.32 Å². The minimum atomic E-state index is -4.54. The first kappa shape index (κ1) is 24.2. The van der Waals surface area contributed by atoms with E-state index in [1.54, 1.807) is 0 Å². The van der Waals surface area contributed by atoms with Gasteiger partial charge in [0.1, 0.15) is 11.4 Å². The maximum absolute atomic E-state index is 13.0. The fraction of sp³-hybridized carbons (Fsp3) is 0.583. The quantitative estimate of drug-likeness (QED) is 0.566. The molecule has 11 heteroatoms. The summed E-state index contributed by atoms with van der Waals surface area (Å²) in [5, 5.41) is 32.2. The second kappa shape index (κ2) is 9.88. The van der Waals surface area contributed by atoms with Gasteiger partial charge in [-0.05, 0) is 44.0 Å². The van der Waals surface area contributed by atoms with Crippen molar-refractivity contribution in [3.63, 3.8) is 0 Å². The molecule has 3 aliphatic rings. The Balaban J connectivity index is 1.28. The van der Waals surface area contributed by atoms with Crippen molar-refractivity contribution in [3.05, 3.63) is 34.9 Å². The van der Waals surface area contributed by atoms with Gasteiger partial charge >= 0.3 is 6.18 Å². The number of phenolic OH excluding ortho intramolecular Hbond substituents is 1. The van der Waals surface area contributed by atoms with Gasteiger partial charge in [0.2, 0.25) is 0 Å². The number of benzene rings is 1. The fourth-order valence-electron chi connectivity index (χ4n) is 5.18. The number of alkyl halides is 3. The van der Waals surface area contributed by atoms with Crippen molar-refractivity contribution in [1.29, 1.82) is 0 Å². The van der Waals surface area contributed by atoms with Gasteiger partial charge in [-0.3, -0.25) is 4.90 Å². The predicted octanol–water partition coefficient (Wildman–Crippen LogP) is 2.84. The lowest BCUT2D eigenvalue weighted by Crippen LogP contribution is -2.45. The Hall–Kier alpha value is -2.47. The third-order valence-corrected chi connectivity index (χ3v) is 7.09. The van der Waals surface area contributed by atoms with Gasteiger partial charge in [0.05, 0.1) is 24.9 Å². The second-order valence-corrected chi connectivity index (χ2v) is 9.60. The number of fused-ring (bicyclic) bond motifs is 1. The second-order valence-electron chi connectivity index (χ2n) is 9.60. The van der Waals surface area contributed by atoms with E-state index in [2.05, 4.69) is 25.3 Å². The molecule has 190 valence electrons. The number of likely N-dealkylation sites (tertiary alicyclic amines) is 2. The van der Waals surface area contributed by atoms with Crippen molar-refractivity contribution in [1.82, 2.24) is 20.0 Å². The summed E-state index contributed by atoms with van der Waals surface area (Å²) in [6, 6.07) is 3.07. The number of rotatable bonds is 6. The molecule has 35 heavy (non-hydrogen) atoms. The van der Waals surface area contributed by atoms with E-state index in [-0.39, 0.29) is 24.3 Å². The number of piperidine rings is 1. The van der Waals surface area contributed by atoms with Crippen molar-refractivity contribution in [2.24, 2.45) is 0 Å². The van der Waals surface area contributed by atoms with Gasteiger partial charge in [-0.15, -0.1) is 10.2 Å². The molecule has 0 radical (unpaired) electrons. The van der Waals surface area contributed by atoms with Gasteiger partial charge in [0.25, 0.3) is 0 Å². The lowest BCUT2D eigenvalue weighted by molar-refractivity contribution is -0.137. The number of β-amino-alcohol motifs (C(OH)–C–C–N with tert-alkyl or cyclic N) is 1. The van der Waals surface area contributed by atoms with Crippen molar-refractivity contribution < 1.29 is 28.1 Å². The van der Waals surface area contributed by atoms with Gasteiger partial charge in [0, 0.05) is 55.5 Å². The molecule has 0 spiro atoms. The Bertz CT molecular complexity index is 1070. The number of aromatic nitrogens is 2. The van der Waals surface area contributed by atoms with E-state index in [9.17, 15) is 23.4 Å². The molecule has 5 rings (SSSR count). The number of hydrogen-bond acceptors (Lipinski definition) is 8. The summed E-state index contributed by atoms with van der Waals surface area (Å²) in [5.74, 6) is 0.138. The van der Waals surface area contributed by atoms with Crippen LogP contribution in [-0.4, -0.2) is 81.6 Å². The van der Waals surface area contributed by atoms with Gasteiger partial charge in [-0.25, -0.2) is 0 Å². The topological polar surface area (TPSA) is 94.0 Å². The summed E-state index contributed by atoms with van der Waals surface area (Å²) in [5.41, 5.74) is 1.19. The Labute approximate surface area is 201 Å². The minimum Gasteiger partial charge on any atom is -0.507 e. The van der Waals surface area contributed by atoms with E-state index in [1.165, 1.54) is 6.07 Å². The van der Waals surface area contributed by atoms with E-state index in [0.29, 0.717) is 24.2 Å². The Morgan fingerprint density at radius 1 is 1.03 bits per heavy atom. The lowest BCUT2D eigenvalue weighted by atomic mass is 10.0. The molecule has 2 saturated heterocycles. The molecular formula is C24H30F3N5O3. The van der Waals surface area contributed by atoms with Crippen LogP contribution in [0.1, 0.15) is 36.0 Å². The molecule has 2 fully saturated rings. The number of phenols is 1. The largest absolute Gasteiger partial charge is 0.507 e. The van der Waals surface area contributed by atoms with E-state index in [0.717, 1.165) is 75.7 Å². The van der Waals surface area contributed by atoms with Crippen LogP contribution in [0.15, 0.2) is 18.2 Å². The fourth-order valence-corrected chi connectivity index (χ4v) is 5.18. The molecule has 1 aromatic heterocycles. The highest BCUT2D eigenvalue weighted by molar-refractivity contribution is 5.73. The normalized spacial score (nSPS) is 23.5. The van der Waals surface area contributed by atoms with E-state index < -0.39 is 17.5 Å². The first-order valence-corrected chi connectivity index (χ1v) is 12.0. The van der Waals surface area contributed by atoms with Crippen molar-refractivity contribution in [2.45, 2.75) is 50.8 Å². The van der Waals surface area contributed by atoms with Crippen LogP contribution in [-0.2, 0) is 24.1 Å². The van der Waals surface area contributed by atoms with Crippen LogP contribution in [0.4, 0.5) is 19.0 Å². The zero-order chi connectivity index (χ0) is 24.6. The number of nitrogens with one attached hydrogen (secondary N) is 1. The van der Waals surface area contributed by atoms with Crippen LogP contribution in [0.3, 0.4) is 0 Å². The summed E-state index contributed by atoms with van der Waals surface area (Å²) >= 11 is 0. The van der Waals surface area contributed by atoms with Crippen molar-refractivity contribution >= 4 is 5.82 Å². The molecule has 4 heterocycles. The summed E-state index contributed by atoms with van der Waals surface area (Å²) < 4.78 is 44.6. The lowest BCUT2D eigenvalue weighted by Gasteiger charge is -2.34. The standard InChI is InChI=1S/C24H30F3N5O3/c25-24(26,27)15-3-4-18(21(34)10-15)22-19-13-35-14-20(19)23(30-29-22)28-16-2-1-6-31(11-16)8-9-32-7-5-17(33)12-32/h3-4,10,16-17,33-34H,1-2,5-9,11-14H2,(H,28,30)/t16-,17-/m1/s1. The Kier molecular flexibility index (Phi) is 6.84. The maximum Gasteiger partial charge on any atom is 0.416 e. The number of hydrogen-bond donors (Lipinski definition) is 3. The average molecular weight is 494 g/mol. The Morgan fingerprint density at radius 2 is 1.80 bits per heavy atom. The third-order valence-electron chi connectivity index (χ3n) is 7.09. The van der Waals surface area contributed by atoms with Gasteiger partial charge < -0.3 is 25.2 Å². The highest BCUT2D eigenvalue weighted by atomic mass is 19.4. The highest BCUT2D eigenvalue weighted by Gasteiger charge is 2.32. The number of aromatic hydroxyl groups is 1. The summed E-state index contributed by atoms with van der Waals surface area (Å²) in [7, 11) is 0. The molecule has 0 unspecified atom stereocenters. The maximum atomic E-state index is 13.0. The number of nitrogens with zero attached hydrogens (tertiary/aromatic N) is 4. The zero-order valence-electron chi connectivity index (χ0n) is 19.4. The molecule has 0 bridgehead atoms.